The molecule has 0 radical (unpaired) electrons. The minimum Gasteiger partial charge on any atom is -0.364 e. The standard InChI is InChI=1S/C19H23N7O/c1-12-13(2)22-17(19(27)25(3)4)24-18(12)26-9-7-15(11-26)23-16-14(10-20)6-5-8-21-16/h5-6,8,15H,7,9,11H2,1-4H3,(H,21,23)/t15-/m1/s1. The molecule has 3 heterocycles. The van der Waals surface area contributed by atoms with Crippen molar-refractivity contribution in [3.05, 3.63) is 41.0 Å². The van der Waals surface area contributed by atoms with Crippen LogP contribution in [0.15, 0.2) is 18.3 Å². The minimum atomic E-state index is -0.208. The Morgan fingerprint density at radius 2 is 2.15 bits per heavy atom. The van der Waals surface area contributed by atoms with Crippen molar-refractivity contribution in [3.63, 3.8) is 0 Å². The van der Waals surface area contributed by atoms with Crippen LogP contribution in [0.2, 0.25) is 0 Å². The SMILES string of the molecule is Cc1nc(C(=O)N(C)C)nc(N2CC[C@@H](Nc3ncccc3C#N)C2)c1C. The van der Waals surface area contributed by atoms with E-state index >= 15 is 0 Å². The Morgan fingerprint density at radius 1 is 1.37 bits per heavy atom. The van der Waals surface area contributed by atoms with E-state index < -0.39 is 0 Å². The van der Waals surface area contributed by atoms with E-state index in [1.54, 1.807) is 32.4 Å². The maximum Gasteiger partial charge on any atom is 0.291 e. The number of rotatable bonds is 4. The van der Waals surface area contributed by atoms with Gasteiger partial charge in [-0.3, -0.25) is 4.79 Å². The predicted molar refractivity (Wildman–Crippen MR) is 103 cm³/mol. The first-order valence-corrected chi connectivity index (χ1v) is 8.84. The molecule has 27 heavy (non-hydrogen) atoms. The number of nitrogens with zero attached hydrogens (tertiary/aromatic N) is 6. The summed E-state index contributed by atoms with van der Waals surface area (Å²) in [4.78, 5) is 29.1. The van der Waals surface area contributed by atoms with Gasteiger partial charge in [-0.05, 0) is 32.4 Å². The Hall–Kier alpha value is -3.21. The van der Waals surface area contributed by atoms with Crippen LogP contribution >= 0.6 is 0 Å². The van der Waals surface area contributed by atoms with Gasteiger partial charge in [0.15, 0.2) is 0 Å². The molecule has 1 fully saturated rings. The molecule has 8 nitrogen and oxygen atoms in total. The van der Waals surface area contributed by atoms with E-state index in [1.165, 1.54) is 4.90 Å². The number of aromatic nitrogens is 3. The first-order valence-electron chi connectivity index (χ1n) is 8.84. The van der Waals surface area contributed by atoms with Crippen molar-refractivity contribution in [1.82, 2.24) is 19.9 Å². The molecule has 3 rings (SSSR count). The van der Waals surface area contributed by atoms with Gasteiger partial charge in [-0.15, -0.1) is 0 Å². The van der Waals surface area contributed by atoms with Crippen molar-refractivity contribution < 1.29 is 4.79 Å². The highest BCUT2D eigenvalue weighted by atomic mass is 16.2. The van der Waals surface area contributed by atoms with E-state index in [-0.39, 0.29) is 17.8 Å². The first-order chi connectivity index (χ1) is 12.9. The molecule has 2 aromatic rings. The number of nitriles is 1. The molecule has 140 valence electrons. The average Bonchev–Trinajstić information content (AvgIpc) is 3.11. The van der Waals surface area contributed by atoms with Crippen molar-refractivity contribution in [3.8, 4) is 6.07 Å². The fraction of sp³-hybridized carbons (Fsp3) is 0.421. The lowest BCUT2D eigenvalue weighted by molar-refractivity contribution is 0.0815. The molecule has 1 N–H and O–H groups in total. The molecule has 1 atom stereocenters. The third kappa shape index (κ3) is 3.82. The lowest BCUT2D eigenvalue weighted by Crippen LogP contribution is -2.30. The summed E-state index contributed by atoms with van der Waals surface area (Å²) in [7, 11) is 3.38. The summed E-state index contributed by atoms with van der Waals surface area (Å²) in [5.74, 6) is 1.40. The van der Waals surface area contributed by atoms with Gasteiger partial charge in [0, 0.05) is 50.7 Å². The Labute approximate surface area is 158 Å². The van der Waals surface area contributed by atoms with Crippen LogP contribution in [0, 0.1) is 25.2 Å². The monoisotopic (exact) mass is 365 g/mol. The number of hydrogen-bond donors (Lipinski definition) is 1. The quantitative estimate of drug-likeness (QED) is 0.881. The Kier molecular flexibility index (Phi) is 5.21. The maximum atomic E-state index is 12.3. The highest BCUT2D eigenvalue weighted by molar-refractivity contribution is 5.90. The number of pyridine rings is 1. The Bertz CT molecular complexity index is 903. The zero-order valence-electron chi connectivity index (χ0n) is 16.0. The summed E-state index contributed by atoms with van der Waals surface area (Å²) in [6, 6.07) is 5.81. The van der Waals surface area contributed by atoms with E-state index in [4.69, 9.17) is 0 Å². The number of anilines is 2. The highest BCUT2D eigenvalue weighted by Crippen LogP contribution is 2.25. The van der Waals surface area contributed by atoms with E-state index in [2.05, 4.69) is 31.2 Å². The minimum absolute atomic E-state index is 0.148. The van der Waals surface area contributed by atoms with Gasteiger partial charge >= 0.3 is 0 Å². The lowest BCUT2D eigenvalue weighted by atomic mass is 10.2. The Balaban J connectivity index is 1.81. The van der Waals surface area contributed by atoms with Gasteiger partial charge in [0.25, 0.3) is 5.91 Å². The zero-order valence-corrected chi connectivity index (χ0v) is 16.0. The third-order valence-electron chi connectivity index (χ3n) is 4.72. The average molecular weight is 365 g/mol. The summed E-state index contributed by atoms with van der Waals surface area (Å²) >= 11 is 0. The summed E-state index contributed by atoms with van der Waals surface area (Å²) in [6.45, 7) is 5.39. The van der Waals surface area contributed by atoms with Crippen LogP contribution in [0.4, 0.5) is 11.6 Å². The molecule has 0 aromatic carbocycles. The van der Waals surface area contributed by atoms with E-state index in [0.717, 1.165) is 30.0 Å². The largest absolute Gasteiger partial charge is 0.364 e. The van der Waals surface area contributed by atoms with Gasteiger partial charge in [-0.25, -0.2) is 15.0 Å². The van der Waals surface area contributed by atoms with Gasteiger partial charge in [-0.2, -0.15) is 5.26 Å². The molecule has 1 aliphatic rings. The topological polar surface area (TPSA) is 98.0 Å². The van der Waals surface area contributed by atoms with Gasteiger partial charge in [0.2, 0.25) is 5.82 Å². The second-order valence-corrected chi connectivity index (χ2v) is 6.87. The molecule has 0 unspecified atom stereocenters. The number of amides is 1. The van der Waals surface area contributed by atoms with Crippen molar-refractivity contribution in [2.24, 2.45) is 0 Å². The Morgan fingerprint density at radius 3 is 2.85 bits per heavy atom. The normalized spacial score (nSPS) is 16.1. The van der Waals surface area contributed by atoms with Crippen molar-refractivity contribution in [1.29, 1.82) is 5.26 Å². The number of carbonyl (C=O) groups is 1. The van der Waals surface area contributed by atoms with Crippen LogP contribution in [0.1, 0.15) is 33.9 Å². The van der Waals surface area contributed by atoms with Crippen LogP contribution in [-0.2, 0) is 0 Å². The van der Waals surface area contributed by atoms with Gasteiger partial charge in [0.05, 0.1) is 5.56 Å². The van der Waals surface area contributed by atoms with Crippen LogP contribution in [0.3, 0.4) is 0 Å². The van der Waals surface area contributed by atoms with Crippen LogP contribution < -0.4 is 10.2 Å². The summed E-state index contributed by atoms with van der Waals surface area (Å²) in [6.07, 6.45) is 2.56. The van der Waals surface area contributed by atoms with Crippen LogP contribution in [0.5, 0.6) is 0 Å². The number of nitrogens with one attached hydrogen (secondary N) is 1. The summed E-state index contributed by atoms with van der Waals surface area (Å²) in [5, 5.41) is 12.6. The number of aryl methyl sites for hydroxylation is 1. The second-order valence-electron chi connectivity index (χ2n) is 6.87. The molecule has 0 saturated carbocycles. The first kappa shape index (κ1) is 18.6. The summed E-state index contributed by atoms with van der Waals surface area (Å²) < 4.78 is 0. The van der Waals surface area contributed by atoms with Crippen LogP contribution in [0.25, 0.3) is 0 Å². The molecule has 1 aliphatic heterocycles. The van der Waals surface area contributed by atoms with Crippen molar-refractivity contribution in [2.45, 2.75) is 26.3 Å². The van der Waals surface area contributed by atoms with Gasteiger partial charge in [-0.1, -0.05) is 0 Å². The number of carbonyl (C=O) groups excluding carboxylic acids is 1. The molecule has 1 amide bonds. The van der Waals surface area contributed by atoms with Gasteiger partial charge in [0.1, 0.15) is 17.7 Å². The molecule has 0 bridgehead atoms. The molecule has 1 saturated heterocycles. The van der Waals surface area contributed by atoms with E-state index in [9.17, 15) is 10.1 Å². The fourth-order valence-corrected chi connectivity index (χ4v) is 3.09. The van der Waals surface area contributed by atoms with Crippen LogP contribution in [-0.4, -0.2) is 59.0 Å². The molecular weight excluding hydrogens is 342 g/mol. The van der Waals surface area contributed by atoms with E-state index in [0.29, 0.717) is 17.9 Å². The lowest BCUT2D eigenvalue weighted by Gasteiger charge is -2.22. The maximum absolute atomic E-state index is 12.3. The number of hydrogen-bond acceptors (Lipinski definition) is 7. The predicted octanol–water partition coefficient (Wildman–Crippen LogP) is 1.75. The van der Waals surface area contributed by atoms with Crippen molar-refractivity contribution >= 4 is 17.5 Å². The fourth-order valence-electron chi connectivity index (χ4n) is 3.09. The molecule has 2 aromatic heterocycles. The zero-order chi connectivity index (χ0) is 19.6. The molecule has 0 aliphatic carbocycles. The third-order valence-corrected chi connectivity index (χ3v) is 4.72. The molecular formula is C19H23N7O. The molecule has 0 spiro atoms. The molecule has 8 heteroatoms. The second kappa shape index (κ2) is 7.58. The van der Waals surface area contributed by atoms with Gasteiger partial charge < -0.3 is 15.1 Å². The van der Waals surface area contributed by atoms with E-state index in [1.807, 2.05) is 13.8 Å². The smallest absolute Gasteiger partial charge is 0.291 e. The summed E-state index contributed by atoms with van der Waals surface area (Å²) in [5.41, 5.74) is 2.31. The highest BCUT2D eigenvalue weighted by Gasteiger charge is 2.27. The van der Waals surface area contributed by atoms with Crippen molar-refractivity contribution in [2.75, 3.05) is 37.4 Å².